The van der Waals surface area contributed by atoms with Gasteiger partial charge in [-0.2, -0.15) is 0 Å². The molecule has 0 aliphatic carbocycles. The molecule has 0 bridgehead atoms. The van der Waals surface area contributed by atoms with Crippen molar-refractivity contribution in [3.63, 3.8) is 0 Å². The number of primary amides is 1. The van der Waals surface area contributed by atoms with Crippen LogP contribution in [0.1, 0.15) is 31.2 Å². The Morgan fingerprint density at radius 1 is 1.12 bits per heavy atom. The summed E-state index contributed by atoms with van der Waals surface area (Å²) in [6.07, 6.45) is 3.94. The van der Waals surface area contributed by atoms with Crippen LogP contribution in [0.25, 0.3) is 0 Å². The number of benzene rings is 1. The standard InChI is InChI=1S/C12H17NO3/c13-12(16)5-3-1-2-4-9-6-7-10(14)11(15)8-9/h6-8,14-15H,1-5H2,(H2,13,16). The first-order valence-corrected chi connectivity index (χ1v) is 5.39. The molecule has 0 aromatic heterocycles. The second-order valence-electron chi connectivity index (χ2n) is 3.85. The van der Waals surface area contributed by atoms with E-state index in [9.17, 15) is 9.90 Å². The summed E-state index contributed by atoms with van der Waals surface area (Å²) in [6.45, 7) is 0. The van der Waals surface area contributed by atoms with Gasteiger partial charge in [0.15, 0.2) is 11.5 Å². The van der Waals surface area contributed by atoms with Gasteiger partial charge in [0.25, 0.3) is 0 Å². The topological polar surface area (TPSA) is 83.6 Å². The molecular weight excluding hydrogens is 206 g/mol. The van der Waals surface area contributed by atoms with Crippen molar-refractivity contribution < 1.29 is 15.0 Å². The quantitative estimate of drug-likeness (QED) is 0.507. The number of phenols is 2. The largest absolute Gasteiger partial charge is 0.504 e. The van der Waals surface area contributed by atoms with Gasteiger partial charge in [-0.3, -0.25) is 4.79 Å². The predicted molar refractivity (Wildman–Crippen MR) is 61.1 cm³/mol. The lowest BCUT2D eigenvalue weighted by Crippen LogP contribution is -2.09. The molecule has 0 fully saturated rings. The Kier molecular flexibility index (Phi) is 4.64. The Bertz CT molecular complexity index is 363. The highest BCUT2D eigenvalue weighted by Crippen LogP contribution is 2.25. The van der Waals surface area contributed by atoms with Crippen molar-refractivity contribution in [1.82, 2.24) is 0 Å². The maximum absolute atomic E-state index is 10.5. The van der Waals surface area contributed by atoms with E-state index < -0.39 is 0 Å². The van der Waals surface area contributed by atoms with Crippen molar-refractivity contribution in [2.75, 3.05) is 0 Å². The summed E-state index contributed by atoms with van der Waals surface area (Å²) in [5.41, 5.74) is 6.00. The van der Waals surface area contributed by atoms with E-state index in [2.05, 4.69) is 0 Å². The number of rotatable bonds is 6. The molecule has 0 atom stereocenters. The highest BCUT2D eigenvalue weighted by molar-refractivity contribution is 5.73. The number of aromatic hydroxyl groups is 2. The lowest BCUT2D eigenvalue weighted by atomic mass is 10.1. The zero-order chi connectivity index (χ0) is 12.0. The average molecular weight is 223 g/mol. The third-order valence-corrected chi connectivity index (χ3v) is 2.43. The third kappa shape index (κ3) is 4.21. The monoisotopic (exact) mass is 223 g/mol. The SMILES string of the molecule is NC(=O)CCCCCc1ccc(O)c(O)c1. The van der Waals surface area contributed by atoms with Gasteiger partial charge in [-0.25, -0.2) is 0 Å². The molecule has 1 rings (SSSR count). The fourth-order valence-electron chi connectivity index (χ4n) is 1.53. The number of amides is 1. The van der Waals surface area contributed by atoms with Crippen LogP contribution in [0.3, 0.4) is 0 Å². The van der Waals surface area contributed by atoms with Crippen molar-refractivity contribution >= 4 is 5.91 Å². The lowest BCUT2D eigenvalue weighted by Gasteiger charge is -2.03. The van der Waals surface area contributed by atoms with E-state index in [1.54, 1.807) is 12.1 Å². The molecular formula is C12H17NO3. The van der Waals surface area contributed by atoms with Crippen molar-refractivity contribution in [1.29, 1.82) is 0 Å². The molecule has 0 aliphatic heterocycles. The molecule has 1 amide bonds. The van der Waals surface area contributed by atoms with Crippen molar-refractivity contribution in [3.8, 4) is 11.5 Å². The molecule has 0 spiro atoms. The predicted octanol–water partition coefficient (Wildman–Crippen LogP) is 1.69. The first-order valence-electron chi connectivity index (χ1n) is 5.39. The minimum absolute atomic E-state index is 0.0883. The second kappa shape index (κ2) is 6.00. The molecule has 0 unspecified atom stereocenters. The van der Waals surface area contributed by atoms with Crippen molar-refractivity contribution in [2.45, 2.75) is 32.1 Å². The zero-order valence-corrected chi connectivity index (χ0v) is 9.15. The summed E-state index contributed by atoms with van der Waals surface area (Å²) in [7, 11) is 0. The van der Waals surface area contributed by atoms with Crippen LogP contribution in [0, 0.1) is 0 Å². The first-order chi connectivity index (χ1) is 7.59. The fraction of sp³-hybridized carbons (Fsp3) is 0.417. The Balaban J connectivity index is 2.27. The van der Waals surface area contributed by atoms with Gasteiger partial charge in [0, 0.05) is 6.42 Å². The number of aryl methyl sites for hydroxylation is 1. The van der Waals surface area contributed by atoms with Crippen LogP contribution in [-0.4, -0.2) is 16.1 Å². The van der Waals surface area contributed by atoms with E-state index in [0.717, 1.165) is 31.2 Å². The van der Waals surface area contributed by atoms with E-state index in [1.807, 2.05) is 0 Å². The van der Waals surface area contributed by atoms with E-state index in [1.165, 1.54) is 6.07 Å². The van der Waals surface area contributed by atoms with Gasteiger partial charge in [0.05, 0.1) is 0 Å². The summed E-state index contributed by atoms with van der Waals surface area (Å²) >= 11 is 0. The Labute approximate surface area is 94.7 Å². The summed E-state index contributed by atoms with van der Waals surface area (Å²) in [4.78, 5) is 10.5. The molecule has 4 heteroatoms. The Hall–Kier alpha value is -1.71. The number of carbonyl (C=O) groups is 1. The summed E-state index contributed by atoms with van der Waals surface area (Å²) < 4.78 is 0. The highest BCUT2D eigenvalue weighted by Gasteiger charge is 2.01. The number of nitrogens with two attached hydrogens (primary N) is 1. The first kappa shape index (κ1) is 12.4. The molecule has 1 aromatic carbocycles. The Morgan fingerprint density at radius 2 is 1.88 bits per heavy atom. The van der Waals surface area contributed by atoms with Gasteiger partial charge in [-0.1, -0.05) is 12.5 Å². The van der Waals surface area contributed by atoms with Crippen LogP contribution in [0.5, 0.6) is 11.5 Å². The van der Waals surface area contributed by atoms with Gasteiger partial charge in [-0.05, 0) is 37.0 Å². The molecule has 0 radical (unpaired) electrons. The fourth-order valence-corrected chi connectivity index (χ4v) is 1.53. The van der Waals surface area contributed by atoms with E-state index >= 15 is 0 Å². The average Bonchev–Trinajstić information content (AvgIpc) is 2.22. The van der Waals surface area contributed by atoms with Gasteiger partial charge in [0.2, 0.25) is 5.91 Å². The number of hydrogen-bond donors (Lipinski definition) is 3. The minimum Gasteiger partial charge on any atom is -0.504 e. The molecule has 0 saturated heterocycles. The third-order valence-electron chi connectivity index (χ3n) is 2.43. The molecule has 0 saturated carbocycles. The van der Waals surface area contributed by atoms with Crippen LogP contribution < -0.4 is 5.73 Å². The number of carbonyl (C=O) groups excluding carboxylic acids is 1. The zero-order valence-electron chi connectivity index (χ0n) is 9.15. The van der Waals surface area contributed by atoms with Crippen LogP contribution in [-0.2, 0) is 11.2 Å². The Morgan fingerprint density at radius 3 is 2.50 bits per heavy atom. The maximum atomic E-state index is 10.5. The number of phenolic OH excluding ortho intramolecular Hbond substituents is 2. The van der Waals surface area contributed by atoms with Crippen LogP contribution in [0.15, 0.2) is 18.2 Å². The van der Waals surface area contributed by atoms with E-state index in [0.29, 0.717) is 6.42 Å². The van der Waals surface area contributed by atoms with E-state index in [4.69, 9.17) is 10.8 Å². The van der Waals surface area contributed by atoms with Gasteiger partial charge >= 0.3 is 0 Å². The maximum Gasteiger partial charge on any atom is 0.217 e. The van der Waals surface area contributed by atoms with Crippen LogP contribution >= 0.6 is 0 Å². The summed E-state index contributed by atoms with van der Waals surface area (Å²) in [5, 5.41) is 18.4. The molecule has 4 N–H and O–H groups in total. The molecule has 88 valence electrons. The second-order valence-corrected chi connectivity index (χ2v) is 3.85. The number of unbranched alkanes of at least 4 members (excludes halogenated alkanes) is 2. The molecule has 0 aliphatic rings. The molecule has 0 heterocycles. The van der Waals surface area contributed by atoms with Crippen molar-refractivity contribution in [3.05, 3.63) is 23.8 Å². The number of hydrogen-bond acceptors (Lipinski definition) is 3. The highest BCUT2D eigenvalue weighted by atomic mass is 16.3. The van der Waals surface area contributed by atoms with E-state index in [-0.39, 0.29) is 17.4 Å². The van der Waals surface area contributed by atoms with Crippen molar-refractivity contribution in [2.24, 2.45) is 5.73 Å². The van der Waals surface area contributed by atoms with Gasteiger partial charge in [-0.15, -0.1) is 0 Å². The van der Waals surface area contributed by atoms with Crippen LogP contribution in [0.4, 0.5) is 0 Å². The summed E-state index contributed by atoms with van der Waals surface area (Å²) in [5.74, 6) is -0.450. The summed E-state index contributed by atoms with van der Waals surface area (Å²) in [6, 6.07) is 4.82. The molecule has 1 aromatic rings. The minimum atomic E-state index is -0.262. The smallest absolute Gasteiger partial charge is 0.217 e. The van der Waals surface area contributed by atoms with Crippen LogP contribution in [0.2, 0.25) is 0 Å². The van der Waals surface area contributed by atoms with Gasteiger partial charge in [0.1, 0.15) is 0 Å². The normalized spacial score (nSPS) is 10.2. The molecule has 4 nitrogen and oxygen atoms in total. The molecule has 16 heavy (non-hydrogen) atoms. The lowest BCUT2D eigenvalue weighted by molar-refractivity contribution is -0.118. The van der Waals surface area contributed by atoms with Gasteiger partial charge < -0.3 is 15.9 Å².